The lowest BCUT2D eigenvalue weighted by molar-refractivity contribution is -0.137. The number of hydrogen-bond donors (Lipinski definition) is 2. The number of rotatable bonds is 8. The van der Waals surface area contributed by atoms with E-state index < -0.39 is 5.97 Å². The van der Waals surface area contributed by atoms with E-state index in [9.17, 15) is 9.59 Å². The predicted octanol–water partition coefficient (Wildman–Crippen LogP) is 3.30. The van der Waals surface area contributed by atoms with Crippen LogP contribution in [0.15, 0.2) is 33.6 Å². The summed E-state index contributed by atoms with van der Waals surface area (Å²) in [6.45, 7) is 1.82. The molecule has 20 heavy (non-hydrogen) atoms. The van der Waals surface area contributed by atoms with Crippen molar-refractivity contribution in [3.8, 4) is 0 Å². The van der Waals surface area contributed by atoms with E-state index in [0.717, 1.165) is 9.37 Å². The molecular weight excluding hydrogens is 342 g/mol. The van der Waals surface area contributed by atoms with Crippen LogP contribution in [0.2, 0.25) is 0 Å². The molecule has 0 saturated heterocycles. The summed E-state index contributed by atoms with van der Waals surface area (Å²) >= 11 is 5.08. The second-order valence-electron chi connectivity index (χ2n) is 4.43. The number of benzene rings is 1. The van der Waals surface area contributed by atoms with Gasteiger partial charge in [-0.2, -0.15) is 0 Å². The first kappa shape index (κ1) is 17.0. The zero-order chi connectivity index (χ0) is 15.0. The van der Waals surface area contributed by atoms with Gasteiger partial charge in [-0.25, -0.2) is 0 Å². The van der Waals surface area contributed by atoms with Crippen molar-refractivity contribution < 1.29 is 14.7 Å². The average Bonchev–Trinajstić information content (AvgIpc) is 2.38. The van der Waals surface area contributed by atoms with Crippen LogP contribution in [0.5, 0.6) is 0 Å². The van der Waals surface area contributed by atoms with Gasteiger partial charge in [0.05, 0.1) is 0 Å². The molecule has 4 nitrogen and oxygen atoms in total. The molecule has 0 aliphatic rings. The summed E-state index contributed by atoms with van der Waals surface area (Å²) in [6.07, 6.45) is 0.953. The van der Waals surface area contributed by atoms with E-state index in [4.69, 9.17) is 5.11 Å². The Bertz CT molecular complexity index is 467. The third-order valence-corrected chi connectivity index (χ3v) is 4.65. The smallest absolute Gasteiger partial charge is 0.303 e. The molecule has 2 N–H and O–H groups in total. The number of amides is 1. The normalized spacial score (nSPS) is 11.9. The van der Waals surface area contributed by atoms with Gasteiger partial charge in [0.15, 0.2) is 0 Å². The first-order valence-electron chi connectivity index (χ1n) is 6.37. The Morgan fingerprint density at radius 3 is 2.70 bits per heavy atom. The van der Waals surface area contributed by atoms with Crippen LogP contribution in [0.25, 0.3) is 0 Å². The molecule has 1 atom stereocenters. The standard InChI is InChI=1S/C14H18BrNO3S/c1-10(6-7-14(18)19)16-13(17)8-9-20-12-5-3-2-4-11(12)15/h2-5,10H,6-9H2,1H3,(H,16,17)(H,18,19). The Kier molecular flexibility index (Phi) is 7.69. The number of carbonyl (C=O) groups is 2. The first-order valence-corrected chi connectivity index (χ1v) is 8.15. The van der Waals surface area contributed by atoms with E-state index in [0.29, 0.717) is 18.6 Å². The summed E-state index contributed by atoms with van der Waals surface area (Å²) in [6, 6.07) is 7.78. The highest BCUT2D eigenvalue weighted by Gasteiger charge is 2.09. The van der Waals surface area contributed by atoms with Crippen molar-refractivity contribution in [2.45, 2.75) is 37.1 Å². The highest BCUT2D eigenvalue weighted by Crippen LogP contribution is 2.27. The molecule has 1 rings (SSSR count). The van der Waals surface area contributed by atoms with Crippen molar-refractivity contribution in [1.82, 2.24) is 5.32 Å². The van der Waals surface area contributed by atoms with Crippen molar-refractivity contribution in [2.24, 2.45) is 0 Å². The number of aliphatic carboxylic acids is 1. The van der Waals surface area contributed by atoms with E-state index in [2.05, 4.69) is 21.2 Å². The third-order valence-electron chi connectivity index (χ3n) is 2.62. The maximum absolute atomic E-state index is 11.7. The molecule has 0 heterocycles. The van der Waals surface area contributed by atoms with Crippen LogP contribution in [0.3, 0.4) is 0 Å². The number of thioether (sulfide) groups is 1. The van der Waals surface area contributed by atoms with Crippen molar-refractivity contribution in [3.63, 3.8) is 0 Å². The summed E-state index contributed by atoms with van der Waals surface area (Å²) < 4.78 is 1.03. The van der Waals surface area contributed by atoms with Crippen LogP contribution < -0.4 is 5.32 Å². The number of nitrogens with one attached hydrogen (secondary N) is 1. The molecule has 1 aromatic carbocycles. The topological polar surface area (TPSA) is 66.4 Å². The SMILES string of the molecule is CC(CCC(=O)O)NC(=O)CCSc1ccccc1Br. The minimum absolute atomic E-state index is 0.0394. The van der Waals surface area contributed by atoms with Gasteiger partial charge in [0, 0.05) is 34.0 Å². The molecule has 0 radical (unpaired) electrons. The molecule has 0 aliphatic carbocycles. The Balaban J connectivity index is 2.23. The van der Waals surface area contributed by atoms with Crippen LogP contribution in [-0.4, -0.2) is 28.8 Å². The second kappa shape index (κ2) is 9.02. The summed E-state index contributed by atoms with van der Waals surface area (Å²) in [5.41, 5.74) is 0. The van der Waals surface area contributed by atoms with Gasteiger partial charge >= 0.3 is 5.97 Å². The van der Waals surface area contributed by atoms with Crippen LogP contribution in [0.1, 0.15) is 26.2 Å². The molecule has 0 bridgehead atoms. The van der Waals surface area contributed by atoms with Gasteiger partial charge in [0.1, 0.15) is 0 Å². The fourth-order valence-corrected chi connectivity index (χ4v) is 3.09. The summed E-state index contributed by atoms with van der Waals surface area (Å²) in [5.74, 6) is -0.182. The van der Waals surface area contributed by atoms with Gasteiger partial charge in [0.2, 0.25) is 5.91 Å². The minimum atomic E-state index is -0.837. The second-order valence-corrected chi connectivity index (χ2v) is 6.42. The first-order chi connectivity index (χ1) is 9.49. The molecule has 0 aromatic heterocycles. The molecule has 0 fully saturated rings. The lowest BCUT2D eigenvalue weighted by Gasteiger charge is -2.12. The molecule has 0 aliphatic heterocycles. The summed E-state index contributed by atoms with van der Waals surface area (Å²) in [7, 11) is 0. The Hall–Kier alpha value is -1.01. The molecule has 110 valence electrons. The largest absolute Gasteiger partial charge is 0.481 e. The maximum atomic E-state index is 11.7. The quantitative estimate of drug-likeness (QED) is 0.698. The van der Waals surface area contributed by atoms with Crippen LogP contribution >= 0.6 is 27.7 Å². The van der Waals surface area contributed by atoms with Gasteiger partial charge in [-0.1, -0.05) is 12.1 Å². The van der Waals surface area contributed by atoms with Crippen LogP contribution in [0.4, 0.5) is 0 Å². The van der Waals surface area contributed by atoms with Crippen molar-refractivity contribution >= 4 is 39.6 Å². The molecular formula is C14H18BrNO3S. The molecule has 1 amide bonds. The molecule has 0 spiro atoms. The van der Waals surface area contributed by atoms with Crippen LogP contribution in [-0.2, 0) is 9.59 Å². The lowest BCUT2D eigenvalue weighted by atomic mass is 10.2. The Morgan fingerprint density at radius 2 is 2.05 bits per heavy atom. The van der Waals surface area contributed by atoms with Gasteiger partial charge < -0.3 is 10.4 Å². The van der Waals surface area contributed by atoms with Gasteiger partial charge in [0.25, 0.3) is 0 Å². The third kappa shape index (κ3) is 6.96. The van der Waals surface area contributed by atoms with Gasteiger partial charge in [-0.15, -0.1) is 11.8 Å². The highest BCUT2D eigenvalue weighted by atomic mass is 79.9. The summed E-state index contributed by atoms with van der Waals surface area (Å²) in [4.78, 5) is 23.2. The number of hydrogen-bond acceptors (Lipinski definition) is 3. The van der Waals surface area contributed by atoms with Crippen LogP contribution in [0, 0.1) is 0 Å². The Morgan fingerprint density at radius 1 is 1.35 bits per heavy atom. The molecule has 1 unspecified atom stereocenters. The lowest BCUT2D eigenvalue weighted by Crippen LogP contribution is -2.33. The van der Waals surface area contributed by atoms with Crippen molar-refractivity contribution in [1.29, 1.82) is 0 Å². The number of carboxylic acids is 1. The fourth-order valence-electron chi connectivity index (χ4n) is 1.57. The van der Waals surface area contributed by atoms with E-state index in [1.165, 1.54) is 0 Å². The monoisotopic (exact) mass is 359 g/mol. The minimum Gasteiger partial charge on any atom is -0.481 e. The highest BCUT2D eigenvalue weighted by molar-refractivity contribution is 9.10. The van der Waals surface area contributed by atoms with E-state index >= 15 is 0 Å². The van der Waals surface area contributed by atoms with Crippen molar-refractivity contribution in [3.05, 3.63) is 28.7 Å². The average molecular weight is 360 g/mol. The zero-order valence-electron chi connectivity index (χ0n) is 11.3. The zero-order valence-corrected chi connectivity index (χ0v) is 13.7. The number of carboxylic acid groups (broad SMARTS) is 1. The Labute approximate surface area is 131 Å². The molecule has 0 saturated carbocycles. The predicted molar refractivity (Wildman–Crippen MR) is 84.0 cm³/mol. The van der Waals surface area contributed by atoms with Gasteiger partial charge in [-0.3, -0.25) is 9.59 Å². The fraction of sp³-hybridized carbons (Fsp3) is 0.429. The van der Waals surface area contributed by atoms with E-state index in [-0.39, 0.29) is 18.4 Å². The maximum Gasteiger partial charge on any atom is 0.303 e. The molecule has 1 aromatic rings. The number of halogens is 1. The van der Waals surface area contributed by atoms with E-state index in [1.807, 2.05) is 31.2 Å². The van der Waals surface area contributed by atoms with E-state index in [1.54, 1.807) is 11.8 Å². The summed E-state index contributed by atoms with van der Waals surface area (Å²) in [5, 5.41) is 11.4. The van der Waals surface area contributed by atoms with Gasteiger partial charge in [-0.05, 0) is 41.4 Å². The molecule has 6 heteroatoms. The number of carbonyl (C=O) groups excluding carboxylic acids is 1. The van der Waals surface area contributed by atoms with Crippen molar-refractivity contribution in [2.75, 3.05) is 5.75 Å².